The minimum atomic E-state index is -0.433. The maximum Gasteiger partial charge on any atom is 0.125 e. The number of phenols is 2. The molecule has 0 aliphatic heterocycles. The molecule has 7 N–H and O–H groups in total. The van der Waals surface area contributed by atoms with Crippen molar-refractivity contribution in [2.75, 3.05) is 20.1 Å². The zero-order valence-corrected chi connectivity index (χ0v) is 15.7. The average molecular weight is 351 g/mol. The fourth-order valence-electron chi connectivity index (χ4n) is 3.53. The van der Waals surface area contributed by atoms with Gasteiger partial charge in [-0.15, -0.1) is 0 Å². The van der Waals surface area contributed by atoms with Crippen molar-refractivity contribution in [2.24, 2.45) is 5.73 Å². The van der Waals surface area contributed by atoms with Crippen LogP contribution in [0.5, 0.6) is 11.5 Å². The Kier molecular flexibility index (Phi) is 7.50. The molecule has 6 heteroatoms. The molecule has 0 aromatic heterocycles. The van der Waals surface area contributed by atoms with Gasteiger partial charge >= 0.3 is 0 Å². The van der Waals surface area contributed by atoms with Crippen molar-refractivity contribution in [2.45, 2.75) is 63.7 Å². The van der Waals surface area contributed by atoms with Crippen LogP contribution >= 0.6 is 0 Å². The molecule has 1 saturated carbocycles. The maximum atomic E-state index is 10.2. The third kappa shape index (κ3) is 5.57. The fourth-order valence-corrected chi connectivity index (χ4v) is 3.53. The molecule has 0 heterocycles. The molecular formula is C19H34N4O2. The van der Waals surface area contributed by atoms with E-state index in [0.717, 1.165) is 44.3 Å². The predicted molar refractivity (Wildman–Crippen MR) is 102 cm³/mol. The van der Waals surface area contributed by atoms with Crippen LogP contribution in [0.2, 0.25) is 0 Å². The van der Waals surface area contributed by atoms with E-state index in [-0.39, 0.29) is 17.4 Å². The lowest BCUT2D eigenvalue weighted by Gasteiger charge is -2.32. The van der Waals surface area contributed by atoms with Gasteiger partial charge in [-0.25, -0.2) is 0 Å². The Hall–Kier alpha value is -1.34. The van der Waals surface area contributed by atoms with Gasteiger partial charge in [0.2, 0.25) is 0 Å². The first-order chi connectivity index (χ1) is 11.9. The molecule has 1 unspecified atom stereocenters. The Labute approximate surface area is 151 Å². The number of nitrogens with one attached hydrogen (secondary N) is 3. The first kappa shape index (κ1) is 20.0. The van der Waals surface area contributed by atoms with Crippen LogP contribution in [-0.4, -0.2) is 42.4 Å². The topological polar surface area (TPSA) is 103 Å². The quantitative estimate of drug-likeness (QED) is 0.316. The lowest BCUT2D eigenvalue weighted by molar-refractivity contribution is 0.288. The molecule has 142 valence electrons. The van der Waals surface area contributed by atoms with E-state index in [1.54, 1.807) is 0 Å². The molecule has 0 spiro atoms. The third-order valence-corrected chi connectivity index (χ3v) is 5.08. The summed E-state index contributed by atoms with van der Waals surface area (Å²) in [5.74, 6) is 0.339. The summed E-state index contributed by atoms with van der Waals surface area (Å²) >= 11 is 0. The van der Waals surface area contributed by atoms with E-state index in [4.69, 9.17) is 5.73 Å². The van der Waals surface area contributed by atoms with Crippen LogP contribution in [0.15, 0.2) is 12.1 Å². The number of hydrogen-bond donors (Lipinski definition) is 6. The number of aromatic hydroxyl groups is 2. The summed E-state index contributed by atoms with van der Waals surface area (Å²) in [6, 6.07) is 4.15. The van der Waals surface area contributed by atoms with Crippen LogP contribution in [0.25, 0.3) is 0 Å². The van der Waals surface area contributed by atoms with Gasteiger partial charge in [-0.2, -0.15) is 0 Å². The number of hydrogen-bond acceptors (Lipinski definition) is 6. The molecule has 1 aromatic rings. The van der Waals surface area contributed by atoms with Crippen molar-refractivity contribution in [1.29, 1.82) is 0 Å². The molecule has 6 nitrogen and oxygen atoms in total. The predicted octanol–water partition coefficient (Wildman–Crippen LogP) is 1.89. The Bertz CT molecular complexity index is 542. The lowest BCUT2D eigenvalue weighted by atomic mass is 9.90. The van der Waals surface area contributed by atoms with E-state index in [2.05, 4.69) is 16.0 Å². The van der Waals surface area contributed by atoms with Gasteiger partial charge in [0.25, 0.3) is 0 Å². The van der Waals surface area contributed by atoms with Gasteiger partial charge in [0.15, 0.2) is 0 Å². The van der Waals surface area contributed by atoms with Crippen LogP contribution in [0, 0.1) is 0 Å². The highest BCUT2D eigenvalue weighted by atomic mass is 16.3. The zero-order chi connectivity index (χ0) is 18.4. The minimum Gasteiger partial charge on any atom is -0.508 e. The number of likely N-dealkylation sites (N-methyl/N-ethyl adjacent to an activating group) is 1. The molecule has 1 aliphatic rings. The minimum absolute atomic E-state index is 0.0457. The van der Waals surface area contributed by atoms with E-state index in [1.165, 1.54) is 6.07 Å². The fraction of sp³-hybridized carbons (Fsp3) is 0.684. The molecule has 25 heavy (non-hydrogen) atoms. The molecule has 1 aliphatic carbocycles. The van der Waals surface area contributed by atoms with Gasteiger partial charge in [-0.3, -0.25) is 5.32 Å². The second kappa shape index (κ2) is 9.38. The summed E-state index contributed by atoms with van der Waals surface area (Å²) in [7, 11) is 1.97. The van der Waals surface area contributed by atoms with Crippen LogP contribution < -0.4 is 21.7 Å². The van der Waals surface area contributed by atoms with Gasteiger partial charge < -0.3 is 26.6 Å². The second-order valence-electron chi connectivity index (χ2n) is 7.38. The van der Waals surface area contributed by atoms with E-state index in [1.807, 2.05) is 27.0 Å². The molecule has 2 rings (SSSR count). The molecule has 0 amide bonds. The van der Waals surface area contributed by atoms with Crippen LogP contribution in [0.1, 0.15) is 62.7 Å². The summed E-state index contributed by atoms with van der Waals surface area (Å²) < 4.78 is 0. The first-order valence-corrected chi connectivity index (χ1v) is 9.37. The molecule has 0 radical (unpaired) electrons. The Morgan fingerprint density at radius 2 is 1.60 bits per heavy atom. The summed E-state index contributed by atoms with van der Waals surface area (Å²) in [5.41, 5.74) is 7.76. The first-order valence-electron chi connectivity index (χ1n) is 9.37. The third-order valence-electron chi connectivity index (χ3n) is 5.08. The Morgan fingerprint density at radius 3 is 2.20 bits per heavy atom. The number of benzene rings is 1. The normalized spacial score (nSPS) is 22.3. The van der Waals surface area contributed by atoms with Gasteiger partial charge in [0, 0.05) is 36.8 Å². The average Bonchev–Trinajstić information content (AvgIpc) is 2.56. The number of rotatable bonds is 8. The van der Waals surface area contributed by atoms with Crippen molar-refractivity contribution < 1.29 is 10.2 Å². The van der Waals surface area contributed by atoms with Crippen molar-refractivity contribution in [1.82, 2.24) is 16.0 Å². The summed E-state index contributed by atoms with van der Waals surface area (Å²) in [5, 5.41) is 30.3. The Morgan fingerprint density at radius 1 is 1.00 bits per heavy atom. The van der Waals surface area contributed by atoms with Crippen molar-refractivity contribution in [3.8, 4) is 11.5 Å². The standard InChI is InChI=1S/C19H34N4O2/c1-12(2)15-10-16(18(25)11-17(15)24)19(20)23-14-6-4-13(5-7-14)22-9-8-21-3/h10-14,19,21-25H,4-9,20H2,1-3H3. The maximum absolute atomic E-state index is 10.2. The SMILES string of the molecule is CNCCNC1CCC(NC(N)c2cc(C(C)C)c(O)cc2O)CC1. The van der Waals surface area contributed by atoms with Gasteiger partial charge in [0.05, 0.1) is 6.17 Å². The molecule has 0 saturated heterocycles. The van der Waals surface area contributed by atoms with Crippen molar-refractivity contribution >= 4 is 0 Å². The number of nitrogens with two attached hydrogens (primary N) is 1. The summed E-state index contributed by atoms with van der Waals surface area (Å²) in [4.78, 5) is 0. The van der Waals surface area contributed by atoms with Crippen LogP contribution in [0.3, 0.4) is 0 Å². The van der Waals surface area contributed by atoms with Crippen LogP contribution in [0.4, 0.5) is 0 Å². The highest BCUT2D eigenvalue weighted by molar-refractivity contribution is 5.47. The summed E-state index contributed by atoms with van der Waals surface area (Å²) in [6.07, 6.45) is 3.97. The largest absolute Gasteiger partial charge is 0.508 e. The van der Waals surface area contributed by atoms with E-state index in [0.29, 0.717) is 17.6 Å². The van der Waals surface area contributed by atoms with Crippen LogP contribution in [-0.2, 0) is 0 Å². The zero-order valence-electron chi connectivity index (χ0n) is 15.7. The lowest BCUT2D eigenvalue weighted by Crippen LogP contribution is -2.44. The van der Waals surface area contributed by atoms with Crippen molar-refractivity contribution in [3.63, 3.8) is 0 Å². The highest BCUT2D eigenvalue weighted by Crippen LogP contribution is 2.34. The van der Waals surface area contributed by atoms with Gasteiger partial charge in [-0.05, 0) is 50.3 Å². The van der Waals surface area contributed by atoms with Crippen molar-refractivity contribution in [3.05, 3.63) is 23.3 Å². The van der Waals surface area contributed by atoms with E-state index < -0.39 is 6.17 Å². The van der Waals surface area contributed by atoms with E-state index in [9.17, 15) is 10.2 Å². The number of phenolic OH excluding ortho intramolecular Hbond substituents is 2. The monoisotopic (exact) mass is 350 g/mol. The smallest absolute Gasteiger partial charge is 0.125 e. The van der Waals surface area contributed by atoms with E-state index >= 15 is 0 Å². The highest BCUT2D eigenvalue weighted by Gasteiger charge is 2.24. The molecular weight excluding hydrogens is 316 g/mol. The molecule has 1 fully saturated rings. The molecule has 0 bridgehead atoms. The molecule has 1 aromatic carbocycles. The molecule has 1 atom stereocenters. The van der Waals surface area contributed by atoms with Gasteiger partial charge in [-0.1, -0.05) is 13.8 Å². The Balaban J connectivity index is 1.90. The summed E-state index contributed by atoms with van der Waals surface area (Å²) in [6.45, 7) is 6.01. The van der Waals surface area contributed by atoms with Gasteiger partial charge in [0.1, 0.15) is 11.5 Å². The second-order valence-corrected chi connectivity index (χ2v) is 7.38.